The first-order chi connectivity index (χ1) is 12.6. The predicted octanol–water partition coefficient (Wildman–Crippen LogP) is 3.13. The predicted molar refractivity (Wildman–Crippen MR) is 99.5 cm³/mol. The van der Waals surface area contributed by atoms with Crippen LogP contribution in [0, 0.1) is 6.92 Å². The molecule has 0 saturated carbocycles. The van der Waals surface area contributed by atoms with Gasteiger partial charge in [0, 0.05) is 25.0 Å². The summed E-state index contributed by atoms with van der Waals surface area (Å²) in [5, 5.41) is 2.89. The Balaban J connectivity index is 1.72. The lowest BCUT2D eigenvalue weighted by molar-refractivity contribution is 0.0789. The average Bonchev–Trinajstić information content (AvgIpc) is 3.31. The lowest BCUT2D eigenvalue weighted by Gasteiger charge is -2.13. The number of aryl methyl sites for hydroxylation is 1. The molecule has 1 aromatic carbocycles. The van der Waals surface area contributed by atoms with E-state index in [-0.39, 0.29) is 17.6 Å². The van der Waals surface area contributed by atoms with Crippen LogP contribution in [0.3, 0.4) is 0 Å². The Kier molecular flexibility index (Phi) is 4.16. The number of amides is 2. The van der Waals surface area contributed by atoms with Crippen LogP contribution in [-0.2, 0) is 0 Å². The van der Waals surface area contributed by atoms with E-state index in [0.29, 0.717) is 11.2 Å². The third-order valence-corrected chi connectivity index (χ3v) is 4.74. The van der Waals surface area contributed by atoms with Crippen molar-refractivity contribution in [2.24, 2.45) is 0 Å². The van der Waals surface area contributed by atoms with E-state index in [1.165, 1.54) is 0 Å². The Morgan fingerprint density at radius 1 is 1.04 bits per heavy atom. The second-order valence-electron chi connectivity index (χ2n) is 6.51. The highest BCUT2D eigenvalue weighted by molar-refractivity contribution is 6.06. The van der Waals surface area contributed by atoms with Gasteiger partial charge in [0.2, 0.25) is 5.82 Å². The molecule has 0 unspecified atom stereocenters. The highest BCUT2D eigenvalue weighted by Gasteiger charge is 2.26. The number of rotatable bonds is 3. The van der Waals surface area contributed by atoms with E-state index in [1.807, 2.05) is 49.4 Å². The van der Waals surface area contributed by atoms with Crippen LogP contribution in [0.4, 0.5) is 5.69 Å². The summed E-state index contributed by atoms with van der Waals surface area (Å²) in [5.41, 5.74) is 2.69. The van der Waals surface area contributed by atoms with Crippen LogP contribution in [-0.4, -0.2) is 39.2 Å². The zero-order chi connectivity index (χ0) is 18.1. The lowest BCUT2D eigenvalue weighted by Crippen LogP contribution is -2.28. The molecular formula is C20H20N4O2. The number of benzene rings is 1. The Morgan fingerprint density at radius 2 is 1.77 bits per heavy atom. The van der Waals surface area contributed by atoms with E-state index in [2.05, 4.69) is 10.3 Å². The maximum absolute atomic E-state index is 12.8. The number of carbonyl (C=O) groups is 2. The van der Waals surface area contributed by atoms with E-state index < -0.39 is 0 Å². The summed E-state index contributed by atoms with van der Waals surface area (Å²) < 4.78 is 1.68. The standard InChI is InChI=1S/C20H20N4O2/c1-14-8-2-3-9-15(14)21-19(25)18-22-17(16-10-4-5-13-24(16)18)20(26)23-11-6-7-12-23/h2-5,8-10,13H,6-7,11-12H2,1H3,(H,21,25). The van der Waals surface area contributed by atoms with Crippen molar-refractivity contribution in [2.45, 2.75) is 19.8 Å². The summed E-state index contributed by atoms with van der Waals surface area (Å²) in [5.74, 6) is -0.228. The minimum absolute atomic E-state index is 0.110. The molecule has 3 heterocycles. The largest absolute Gasteiger partial charge is 0.337 e. The molecular weight excluding hydrogens is 328 g/mol. The maximum Gasteiger partial charge on any atom is 0.292 e. The maximum atomic E-state index is 12.8. The number of imidazole rings is 1. The normalized spacial score (nSPS) is 14.0. The molecule has 3 aromatic rings. The van der Waals surface area contributed by atoms with Crippen molar-refractivity contribution in [1.29, 1.82) is 0 Å². The number of hydrogen-bond donors (Lipinski definition) is 1. The molecule has 4 rings (SSSR count). The van der Waals surface area contributed by atoms with Crippen molar-refractivity contribution < 1.29 is 9.59 Å². The molecule has 0 bridgehead atoms. The van der Waals surface area contributed by atoms with Crippen molar-refractivity contribution in [3.63, 3.8) is 0 Å². The van der Waals surface area contributed by atoms with Crippen LogP contribution in [0.25, 0.3) is 5.52 Å². The van der Waals surface area contributed by atoms with Crippen molar-refractivity contribution in [1.82, 2.24) is 14.3 Å². The van der Waals surface area contributed by atoms with Gasteiger partial charge in [0.15, 0.2) is 5.69 Å². The zero-order valence-electron chi connectivity index (χ0n) is 14.6. The Bertz CT molecular complexity index is 986. The fourth-order valence-corrected chi connectivity index (χ4v) is 3.32. The van der Waals surface area contributed by atoms with Gasteiger partial charge in [-0.15, -0.1) is 0 Å². The summed E-state index contributed by atoms with van der Waals surface area (Å²) in [6.45, 7) is 3.42. The zero-order valence-corrected chi connectivity index (χ0v) is 14.6. The Labute approximate surface area is 151 Å². The Hall–Kier alpha value is -3.15. The highest BCUT2D eigenvalue weighted by Crippen LogP contribution is 2.20. The Morgan fingerprint density at radius 3 is 2.54 bits per heavy atom. The summed E-state index contributed by atoms with van der Waals surface area (Å²) >= 11 is 0. The number of aromatic nitrogens is 2. The van der Waals surface area contributed by atoms with E-state index in [0.717, 1.165) is 37.2 Å². The molecule has 0 spiro atoms. The number of pyridine rings is 1. The quantitative estimate of drug-likeness (QED) is 0.791. The SMILES string of the molecule is Cc1ccccc1NC(=O)c1nc(C(=O)N2CCCC2)c2ccccn12. The second-order valence-corrected chi connectivity index (χ2v) is 6.51. The molecule has 1 aliphatic rings. The number of nitrogens with zero attached hydrogens (tertiary/aromatic N) is 3. The number of nitrogens with one attached hydrogen (secondary N) is 1. The number of para-hydroxylation sites is 1. The fourth-order valence-electron chi connectivity index (χ4n) is 3.32. The second kappa shape index (κ2) is 6.63. The van der Waals surface area contributed by atoms with Crippen LogP contribution < -0.4 is 5.32 Å². The average molecular weight is 348 g/mol. The molecule has 26 heavy (non-hydrogen) atoms. The smallest absolute Gasteiger partial charge is 0.292 e. The van der Waals surface area contributed by atoms with Crippen molar-refractivity contribution in [2.75, 3.05) is 18.4 Å². The molecule has 1 fully saturated rings. The van der Waals surface area contributed by atoms with Gasteiger partial charge >= 0.3 is 0 Å². The van der Waals surface area contributed by atoms with Gasteiger partial charge in [0.25, 0.3) is 11.8 Å². The first kappa shape index (κ1) is 16.3. The van der Waals surface area contributed by atoms with Crippen molar-refractivity contribution >= 4 is 23.0 Å². The molecule has 132 valence electrons. The topological polar surface area (TPSA) is 66.7 Å². The number of fused-ring (bicyclic) bond motifs is 1. The van der Waals surface area contributed by atoms with Crippen molar-refractivity contribution in [3.8, 4) is 0 Å². The van der Waals surface area contributed by atoms with Gasteiger partial charge in [0.05, 0.1) is 5.52 Å². The summed E-state index contributed by atoms with van der Waals surface area (Å²) in [7, 11) is 0. The van der Waals surface area contributed by atoms with Crippen LogP contribution in [0.15, 0.2) is 48.7 Å². The summed E-state index contributed by atoms with van der Waals surface area (Å²) in [6.07, 6.45) is 3.78. The van der Waals surface area contributed by atoms with Gasteiger partial charge in [-0.25, -0.2) is 4.98 Å². The number of anilines is 1. The molecule has 2 amide bonds. The lowest BCUT2D eigenvalue weighted by atomic mass is 10.2. The van der Waals surface area contributed by atoms with Crippen molar-refractivity contribution in [3.05, 3.63) is 65.7 Å². The number of likely N-dealkylation sites (tertiary alicyclic amines) is 1. The molecule has 6 heteroatoms. The minimum atomic E-state index is -0.332. The molecule has 0 aliphatic carbocycles. The van der Waals surface area contributed by atoms with E-state index in [1.54, 1.807) is 15.5 Å². The van der Waals surface area contributed by atoms with E-state index in [4.69, 9.17) is 0 Å². The molecule has 0 radical (unpaired) electrons. The fraction of sp³-hybridized carbons (Fsp3) is 0.250. The minimum Gasteiger partial charge on any atom is -0.337 e. The van der Waals surface area contributed by atoms with Gasteiger partial charge in [0.1, 0.15) is 0 Å². The third kappa shape index (κ3) is 2.83. The van der Waals surface area contributed by atoms with Crippen LogP contribution >= 0.6 is 0 Å². The monoisotopic (exact) mass is 348 g/mol. The van der Waals surface area contributed by atoms with E-state index in [9.17, 15) is 9.59 Å². The van der Waals surface area contributed by atoms with Gasteiger partial charge in [-0.3, -0.25) is 14.0 Å². The van der Waals surface area contributed by atoms with Crippen LogP contribution in [0.1, 0.15) is 39.5 Å². The molecule has 1 saturated heterocycles. The van der Waals surface area contributed by atoms with Crippen LogP contribution in [0.5, 0.6) is 0 Å². The summed E-state index contributed by atoms with van der Waals surface area (Å²) in [4.78, 5) is 31.9. The molecule has 2 aromatic heterocycles. The van der Waals surface area contributed by atoms with Gasteiger partial charge in [-0.1, -0.05) is 24.3 Å². The first-order valence-electron chi connectivity index (χ1n) is 8.78. The van der Waals surface area contributed by atoms with Gasteiger partial charge < -0.3 is 10.2 Å². The number of hydrogen-bond acceptors (Lipinski definition) is 3. The first-order valence-corrected chi connectivity index (χ1v) is 8.78. The molecule has 1 N–H and O–H groups in total. The van der Waals surface area contributed by atoms with Crippen LogP contribution in [0.2, 0.25) is 0 Å². The molecule has 0 atom stereocenters. The summed E-state index contributed by atoms with van der Waals surface area (Å²) in [6, 6.07) is 13.1. The molecule has 1 aliphatic heterocycles. The van der Waals surface area contributed by atoms with Gasteiger partial charge in [-0.2, -0.15) is 0 Å². The van der Waals surface area contributed by atoms with Gasteiger partial charge in [-0.05, 0) is 43.5 Å². The van der Waals surface area contributed by atoms with E-state index >= 15 is 0 Å². The molecule has 6 nitrogen and oxygen atoms in total. The third-order valence-electron chi connectivity index (χ3n) is 4.74. The number of carbonyl (C=O) groups excluding carboxylic acids is 2. The highest BCUT2D eigenvalue weighted by atomic mass is 16.2.